The smallest absolute Gasteiger partial charge is 0.122 e. The zero-order chi connectivity index (χ0) is 14.7. The molecule has 3 rings (SSSR count). The van der Waals surface area contributed by atoms with Crippen molar-refractivity contribution in [1.82, 2.24) is 0 Å². The molecule has 1 aliphatic heterocycles. The van der Waals surface area contributed by atoms with E-state index in [4.69, 9.17) is 20.6 Å². The van der Waals surface area contributed by atoms with Gasteiger partial charge in [0.15, 0.2) is 0 Å². The number of nitrogen functional groups attached to an aromatic ring is 1. The first-order valence-electron chi connectivity index (χ1n) is 7.04. The lowest BCUT2D eigenvalue weighted by Gasteiger charge is -2.08. The minimum absolute atomic E-state index is 0.0712. The van der Waals surface area contributed by atoms with Gasteiger partial charge in [0.2, 0.25) is 0 Å². The van der Waals surface area contributed by atoms with Gasteiger partial charge in [-0.2, -0.15) is 0 Å². The first kappa shape index (κ1) is 13.5. The maximum absolute atomic E-state index is 7.34. The lowest BCUT2D eigenvalue weighted by Crippen LogP contribution is -2.10. The van der Waals surface area contributed by atoms with E-state index in [0.717, 1.165) is 30.9 Å². The van der Waals surface area contributed by atoms with Crippen LogP contribution >= 0.6 is 0 Å². The van der Waals surface area contributed by atoms with Crippen LogP contribution in [0.4, 0.5) is 0 Å². The maximum Gasteiger partial charge on any atom is 0.122 e. The molecule has 0 fully saturated rings. The van der Waals surface area contributed by atoms with Gasteiger partial charge < -0.3 is 15.2 Å². The largest absolute Gasteiger partial charge is 0.493 e. The molecule has 1 heterocycles. The van der Waals surface area contributed by atoms with Crippen LogP contribution in [-0.4, -0.2) is 19.0 Å². The number of rotatable bonds is 5. The zero-order valence-corrected chi connectivity index (χ0v) is 11.8. The van der Waals surface area contributed by atoms with Gasteiger partial charge in [-0.25, -0.2) is 0 Å². The normalized spacial score (nSPS) is 12.6. The van der Waals surface area contributed by atoms with E-state index in [1.807, 2.05) is 18.2 Å². The van der Waals surface area contributed by atoms with E-state index in [-0.39, 0.29) is 5.84 Å². The minimum Gasteiger partial charge on any atom is -0.493 e. The molecule has 0 aliphatic carbocycles. The third kappa shape index (κ3) is 3.16. The van der Waals surface area contributed by atoms with Gasteiger partial charge in [0, 0.05) is 18.4 Å². The Morgan fingerprint density at radius 1 is 1.19 bits per heavy atom. The van der Waals surface area contributed by atoms with Gasteiger partial charge in [-0.1, -0.05) is 12.1 Å². The highest BCUT2D eigenvalue weighted by Crippen LogP contribution is 2.26. The Labute approximate surface area is 124 Å². The Kier molecular flexibility index (Phi) is 3.77. The van der Waals surface area contributed by atoms with Crippen molar-refractivity contribution in [3.05, 3.63) is 59.2 Å². The minimum atomic E-state index is 0.0712. The van der Waals surface area contributed by atoms with E-state index in [0.29, 0.717) is 12.2 Å². The van der Waals surface area contributed by atoms with E-state index >= 15 is 0 Å². The molecule has 3 N–H and O–H groups in total. The summed E-state index contributed by atoms with van der Waals surface area (Å²) in [5, 5.41) is 7.34. The molecule has 2 aromatic carbocycles. The monoisotopic (exact) mass is 282 g/mol. The summed E-state index contributed by atoms with van der Waals surface area (Å²) in [7, 11) is 0. The highest BCUT2D eigenvalue weighted by Gasteiger charge is 2.11. The molecule has 0 aromatic heterocycles. The molecule has 4 heteroatoms. The second kappa shape index (κ2) is 5.87. The second-order valence-corrected chi connectivity index (χ2v) is 5.08. The van der Waals surface area contributed by atoms with Crippen LogP contribution in [0.3, 0.4) is 0 Å². The Hall–Kier alpha value is -2.49. The standard InChI is InChI=1S/C17H18N2O2/c18-17(19)13-2-4-15(5-3-13)20-9-7-12-1-6-16-14(11-12)8-10-21-16/h1-6,11H,7-10H2,(H3,18,19). The van der Waals surface area contributed by atoms with E-state index in [1.54, 1.807) is 12.1 Å². The zero-order valence-electron chi connectivity index (χ0n) is 11.8. The first-order valence-corrected chi connectivity index (χ1v) is 7.04. The van der Waals surface area contributed by atoms with Crippen molar-refractivity contribution >= 4 is 5.84 Å². The van der Waals surface area contributed by atoms with E-state index in [1.165, 1.54) is 11.1 Å². The Morgan fingerprint density at radius 2 is 2.00 bits per heavy atom. The molecule has 0 unspecified atom stereocenters. The maximum atomic E-state index is 7.34. The fourth-order valence-electron chi connectivity index (χ4n) is 2.41. The van der Waals surface area contributed by atoms with Crippen LogP contribution in [0.25, 0.3) is 0 Å². The van der Waals surface area contributed by atoms with Gasteiger partial charge in [0.1, 0.15) is 17.3 Å². The number of benzene rings is 2. The van der Waals surface area contributed by atoms with Gasteiger partial charge in [-0.05, 0) is 41.5 Å². The van der Waals surface area contributed by atoms with Gasteiger partial charge in [-0.3, -0.25) is 5.41 Å². The average Bonchev–Trinajstić information content (AvgIpc) is 2.95. The molecule has 2 aromatic rings. The van der Waals surface area contributed by atoms with Crippen molar-refractivity contribution in [1.29, 1.82) is 5.41 Å². The van der Waals surface area contributed by atoms with Gasteiger partial charge in [0.25, 0.3) is 0 Å². The summed E-state index contributed by atoms with van der Waals surface area (Å²) in [5.41, 5.74) is 8.68. The molecule has 4 nitrogen and oxygen atoms in total. The van der Waals surface area contributed by atoms with Crippen molar-refractivity contribution < 1.29 is 9.47 Å². The van der Waals surface area contributed by atoms with Gasteiger partial charge >= 0.3 is 0 Å². The average molecular weight is 282 g/mol. The molecular weight excluding hydrogens is 264 g/mol. The number of hydrogen-bond acceptors (Lipinski definition) is 3. The van der Waals surface area contributed by atoms with Crippen molar-refractivity contribution in [2.24, 2.45) is 5.73 Å². The van der Waals surface area contributed by atoms with Crippen molar-refractivity contribution in [2.45, 2.75) is 12.8 Å². The highest BCUT2D eigenvalue weighted by molar-refractivity contribution is 5.94. The van der Waals surface area contributed by atoms with Crippen LogP contribution in [0.15, 0.2) is 42.5 Å². The number of fused-ring (bicyclic) bond motifs is 1. The van der Waals surface area contributed by atoms with Crippen LogP contribution in [0.1, 0.15) is 16.7 Å². The number of nitrogens with two attached hydrogens (primary N) is 1. The fourth-order valence-corrected chi connectivity index (χ4v) is 2.41. The second-order valence-electron chi connectivity index (χ2n) is 5.08. The lowest BCUT2D eigenvalue weighted by molar-refractivity contribution is 0.322. The van der Waals surface area contributed by atoms with Crippen LogP contribution in [-0.2, 0) is 12.8 Å². The van der Waals surface area contributed by atoms with Gasteiger partial charge in [0.05, 0.1) is 13.2 Å². The summed E-state index contributed by atoms with van der Waals surface area (Å²) in [6, 6.07) is 13.6. The molecule has 0 bridgehead atoms. The van der Waals surface area contributed by atoms with Crippen molar-refractivity contribution in [2.75, 3.05) is 13.2 Å². The summed E-state index contributed by atoms with van der Waals surface area (Å²) in [6.07, 6.45) is 1.86. The highest BCUT2D eigenvalue weighted by atomic mass is 16.5. The molecule has 0 radical (unpaired) electrons. The molecule has 108 valence electrons. The van der Waals surface area contributed by atoms with Crippen LogP contribution in [0, 0.1) is 5.41 Å². The SMILES string of the molecule is N=C(N)c1ccc(OCCc2ccc3c(c2)CCO3)cc1. The topological polar surface area (TPSA) is 68.3 Å². The molecule has 0 saturated carbocycles. The summed E-state index contributed by atoms with van der Waals surface area (Å²) in [4.78, 5) is 0. The van der Waals surface area contributed by atoms with E-state index in [9.17, 15) is 0 Å². The molecule has 0 amide bonds. The summed E-state index contributed by atoms with van der Waals surface area (Å²) < 4.78 is 11.2. The number of nitrogens with one attached hydrogen (secondary N) is 1. The molecule has 0 atom stereocenters. The third-order valence-corrected chi connectivity index (χ3v) is 3.58. The Balaban J connectivity index is 1.55. The number of hydrogen-bond donors (Lipinski definition) is 2. The van der Waals surface area contributed by atoms with Crippen LogP contribution in [0.5, 0.6) is 11.5 Å². The predicted octanol–water partition coefficient (Wildman–Crippen LogP) is 2.53. The third-order valence-electron chi connectivity index (χ3n) is 3.58. The predicted molar refractivity (Wildman–Crippen MR) is 82.3 cm³/mol. The van der Waals surface area contributed by atoms with Crippen molar-refractivity contribution in [3.63, 3.8) is 0 Å². The first-order chi connectivity index (χ1) is 10.2. The molecular formula is C17H18N2O2. The van der Waals surface area contributed by atoms with E-state index < -0.39 is 0 Å². The van der Waals surface area contributed by atoms with Gasteiger partial charge in [-0.15, -0.1) is 0 Å². The summed E-state index contributed by atoms with van der Waals surface area (Å²) in [5.74, 6) is 1.88. The Bertz CT molecular complexity index is 650. The quantitative estimate of drug-likeness (QED) is 0.654. The number of amidine groups is 1. The van der Waals surface area contributed by atoms with Crippen molar-refractivity contribution in [3.8, 4) is 11.5 Å². The lowest BCUT2D eigenvalue weighted by atomic mass is 10.1. The van der Waals surface area contributed by atoms with Crippen LogP contribution in [0.2, 0.25) is 0 Å². The molecule has 0 spiro atoms. The van der Waals surface area contributed by atoms with Crippen LogP contribution < -0.4 is 15.2 Å². The summed E-state index contributed by atoms with van der Waals surface area (Å²) >= 11 is 0. The molecule has 21 heavy (non-hydrogen) atoms. The summed E-state index contributed by atoms with van der Waals surface area (Å²) in [6.45, 7) is 1.41. The molecule has 1 aliphatic rings. The Morgan fingerprint density at radius 3 is 2.76 bits per heavy atom. The van der Waals surface area contributed by atoms with E-state index in [2.05, 4.69) is 12.1 Å². The number of ether oxygens (including phenoxy) is 2. The fraction of sp³-hybridized carbons (Fsp3) is 0.235. The molecule has 0 saturated heterocycles.